The normalized spacial score (nSPS) is 21.0. The zero-order valence-electron chi connectivity index (χ0n) is 13.6. The Labute approximate surface area is 145 Å². The van der Waals surface area contributed by atoms with Crippen LogP contribution in [0, 0.1) is 12.8 Å². The molecule has 1 aromatic carbocycles. The zero-order chi connectivity index (χ0) is 17.3. The second-order valence-electron chi connectivity index (χ2n) is 6.50. The molecule has 24 heavy (non-hydrogen) atoms. The van der Waals surface area contributed by atoms with Crippen molar-refractivity contribution in [3.8, 4) is 11.5 Å². The molecule has 2 aliphatic rings. The van der Waals surface area contributed by atoms with Crippen LogP contribution < -0.4 is 0 Å². The number of aromatic hydroxyl groups is 2. The minimum Gasteiger partial charge on any atom is -0.504 e. The molecular formula is C18H21NO4S. The van der Waals surface area contributed by atoms with E-state index in [4.69, 9.17) is 0 Å². The number of phenols is 2. The number of amides is 2. The van der Waals surface area contributed by atoms with Crippen molar-refractivity contribution >= 4 is 29.0 Å². The molecule has 1 heterocycles. The molecule has 1 aliphatic carbocycles. The number of hydrogen-bond acceptors (Lipinski definition) is 5. The largest absolute Gasteiger partial charge is 0.504 e. The number of rotatable bonds is 3. The highest BCUT2D eigenvalue weighted by Gasteiger charge is 2.36. The number of thioether (sulfide) groups is 1. The van der Waals surface area contributed by atoms with Gasteiger partial charge in [-0.05, 0) is 66.8 Å². The highest BCUT2D eigenvalue weighted by atomic mass is 32.2. The summed E-state index contributed by atoms with van der Waals surface area (Å²) in [6.07, 6.45) is 7.32. The Morgan fingerprint density at radius 3 is 2.58 bits per heavy atom. The average molecular weight is 347 g/mol. The minimum absolute atomic E-state index is 0.169. The van der Waals surface area contributed by atoms with Crippen LogP contribution in [-0.2, 0) is 4.79 Å². The predicted molar refractivity (Wildman–Crippen MR) is 93.8 cm³/mol. The summed E-state index contributed by atoms with van der Waals surface area (Å²) in [6, 6.07) is 3.06. The van der Waals surface area contributed by atoms with Gasteiger partial charge in [-0.25, -0.2) is 0 Å². The number of imide groups is 1. The predicted octanol–water partition coefficient (Wildman–Crippen LogP) is 4.02. The van der Waals surface area contributed by atoms with Gasteiger partial charge in [-0.1, -0.05) is 19.3 Å². The molecule has 2 amide bonds. The van der Waals surface area contributed by atoms with Gasteiger partial charge in [0.2, 0.25) is 0 Å². The molecule has 3 rings (SSSR count). The lowest BCUT2D eigenvalue weighted by Crippen LogP contribution is -2.34. The van der Waals surface area contributed by atoms with Gasteiger partial charge in [-0.15, -0.1) is 0 Å². The van der Waals surface area contributed by atoms with Crippen LogP contribution in [0.15, 0.2) is 17.0 Å². The van der Waals surface area contributed by atoms with Crippen molar-refractivity contribution in [2.24, 2.45) is 5.92 Å². The van der Waals surface area contributed by atoms with E-state index in [-0.39, 0.29) is 22.6 Å². The van der Waals surface area contributed by atoms with Crippen molar-refractivity contribution in [1.82, 2.24) is 4.90 Å². The Morgan fingerprint density at radius 2 is 1.92 bits per heavy atom. The monoisotopic (exact) mass is 347 g/mol. The fraction of sp³-hybridized carbons (Fsp3) is 0.444. The first-order valence-corrected chi connectivity index (χ1v) is 9.05. The van der Waals surface area contributed by atoms with Crippen molar-refractivity contribution in [2.45, 2.75) is 39.0 Å². The van der Waals surface area contributed by atoms with Crippen LogP contribution in [0.4, 0.5) is 4.79 Å². The SMILES string of the molecule is Cc1cc(/C=C2\SC(=O)N(CC3CCCCC3)C2=O)cc(O)c1O. The highest BCUT2D eigenvalue weighted by Crippen LogP contribution is 2.36. The van der Waals surface area contributed by atoms with E-state index in [0.29, 0.717) is 28.5 Å². The second-order valence-corrected chi connectivity index (χ2v) is 7.50. The van der Waals surface area contributed by atoms with E-state index >= 15 is 0 Å². The zero-order valence-corrected chi connectivity index (χ0v) is 14.4. The highest BCUT2D eigenvalue weighted by molar-refractivity contribution is 8.18. The first kappa shape index (κ1) is 16.9. The summed E-state index contributed by atoms with van der Waals surface area (Å²) in [4.78, 5) is 26.4. The number of benzene rings is 1. The number of carbonyl (C=O) groups excluding carboxylic acids is 2. The summed E-state index contributed by atoms with van der Waals surface area (Å²) in [5.41, 5.74) is 1.11. The van der Waals surface area contributed by atoms with Crippen molar-refractivity contribution in [1.29, 1.82) is 0 Å². The standard InChI is InChI=1S/C18H21NO4S/c1-11-7-13(8-14(20)16(11)21)9-15-17(22)19(18(23)24-15)10-12-5-3-2-4-6-12/h7-9,12,20-21H,2-6,10H2,1H3/b15-9-. The van der Waals surface area contributed by atoms with Gasteiger partial charge in [-0.2, -0.15) is 0 Å². The third kappa shape index (κ3) is 3.43. The van der Waals surface area contributed by atoms with Crippen LogP contribution in [-0.4, -0.2) is 32.8 Å². The Morgan fingerprint density at radius 1 is 1.21 bits per heavy atom. The van der Waals surface area contributed by atoms with Gasteiger partial charge in [0.05, 0.1) is 4.91 Å². The lowest BCUT2D eigenvalue weighted by atomic mass is 9.89. The summed E-state index contributed by atoms with van der Waals surface area (Å²) in [5.74, 6) is -0.257. The summed E-state index contributed by atoms with van der Waals surface area (Å²) in [6.45, 7) is 2.17. The molecule has 1 saturated carbocycles. The third-order valence-electron chi connectivity index (χ3n) is 4.64. The molecule has 1 saturated heterocycles. The molecule has 1 aromatic rings. The minimum atomic E-state index is -0.263. The summed E-state index contributed by atoms with van der Waals surface area (Å²) in [5, 5.41) is 19.1. The van der Waals surface area contributed by atoms with Crippen LogP contribution in [0.5, 0.6) is 11.5 Å². The molecule has 0 aromatic heterocycles. The summed E-state index contributed by atoms with van der Waals surface area (Å²) < 4.78 is 0. The lowest BCUT2D eigenvalue weighted by molar-refractivity contribution is -0.123. The smallest absolute Gasteiger partial charge is 0.293 e. The first-order chi connectivity index (χ1) is 11.5. The Kier molecular flexibility index (Phi) is 4.85. The maximum atomic E-state index is 12.5. The molecular weight excluding hydrogens is 326 g/mol. The fourth-order valence-corrected chi connectivity index (χ4v) is 4.16. The van der Waals surface area contributed by atoms with Crippen molar-refractivity contribution < 1.29 is 19.8 Å². The van der Waals surface area contributed by atoms with E-state index < -0.39 is 0 Å². The van der Waals surface area contributed by atoms with Crippen LogP contribution in [0.3, 0.4) is 0 Å². The molecule has 128 valence electrons. The summed E-state index contributed by atoms with van der Waals surface area (Å²) in [7, 11) is 0. The van der Waals surface area contributed by atoms with Gasteiger partial charge < -0.3 is 10.2 Å². The Balaban J connectivity index is 1.78. The van der Waals surface area contributed by atoms with Crippen molar-refractivity contribution in [2.75, 3.05) is 6.54 Å². The number of aryl methyl sites for hydroxylation is 1. The van der Waals surface area contributed by atoms with Crippen LogP contribution in [0.2, 0.25) is 0 Å². The summed E-state index contributed by atoms with van der Waals surface area (Å²) >= 11 is 0.936. The van der Waals surface area contributed by atoms with E-state index in [1.165, 1.54) is 30.2 Å². The van der Waals surface area contributed by atoms with Gasteiger partial charge in [0, 0.05) is 6.54 Å². The van der Waals surface area contributed by atoms with E-state index in [1.807, 2.05) is 0 Å². The molecule has 0 radical (unpaired) electrons. The van der Waals surface area contributed by atoms with Crippen LogP contribution in [0.1, 0.15) is 43.2 Å². The topological polar surface area (TPSA) is 77.8 Å². The fourth-order valence-electron chi connectivity index (χ4n) is 3.31. The third-order valence-corrected chi connectivity index (χ3v) is 5.55. The molecule has 0 spiro atoms. The van der Waals surface area contributed by atoms with Gasteiger partial charge in [0.15, 0.2) is 11.5 Å². The quantitative estimate of drug-likeness (QED) is 0.638. The second kappa shape index (κ2) is 6.89. The Bertz CT molecular complexity index is 684. The van der Waals surface area contributed by atoms with E-state index in [0.717, 1.165) is 24.6 Å². The van der Waals surface area contributed by atoms with Crippen molar-refractivity contribution in [3.05, 3.63) is 28.2 Å². The molecule has 0 bridgehead atoms. The molecule has 5 nitrogen and oxygen atoms in total. The van der Waals surface area contributed by atoms with E-state index in [1.54, 1.807) is 19.1 Å². The lowest BCUT2D eigenvalue weighted by Gasteiger charge is -2.25. The van der Waals surface area contributed by atoms with Gasteiger partial charge >= 0.3 is 0 Å². The average Bonchev–Trinajstić information content (AvgIpc) is 2.81. The molecule has 2 N–H and O–H groups in total. The Hall–Kier alpha value is -1.95. The molecule has 6 heteroatoms. The number of nitrogens with zero attached hydrogens (tertiary/aromatic N) is 1. The number of hydrogen-bond donors (Lipinski definition) is 2. The maximum Gasteiger partial charge on any atom is 0.293 e. The van der Waals surface area contributed by atoms with E-state index in [9.17, 15) is 19.8 Å². The molecule has 0 unspecified atom stereocenters. The maximum absolute atomic E-state index is 12.5. The van der Waals surface area contributed by atoms with Crippen molar-refractivity contribution in [3.63, 3.8) is 0 Å². The number of carbonyl (C=O) groups is 2. The van der Waals surface area contributed by atoms with Gasteiger partial charge in [-0.3, -0.25) is 14.5 Å². The van der Waals surface area contributed by atoms with Crippen LogP contribution >= 0.6 is 11.8 Å². The van der Waals surface area contributed by atoms with Gasteiger partial charge in [0.1, 0.15) is 0 Å². The van der Waals surface area contributed by atoms with Gasteiger partial charge in [0.25, 0.3) is 11.1 Å². The van der Waals surface area contributed by atoms with E-state index in [2.05, 4.69) is 0 Å². The molecule has 2 fully saturated rings. The van der Waals surface area contributed by atoms with Crippen LogP contribution in [0.25, 0.3) is 6.08 Å². The number of phenolic OH excluding ortho intramolecular Hbond substituents is 2. The first-order valence-electron chi connectivity index (χ1n) is 8.23. The molecule has 1 aliphatic heterocycles. The molecule has 0 atom stereocenters.